The van der Waals surface area contributed by atoms with Crippen LogP contribution in [0.25, 0.3) is 0 Å². The van der Waals surface area contributed by atoms with Crippen LogP contribution in [-0.4, -0.2) is 12.4 Å². The van der Waals surface area contributed by atoms with Crippen LogP contribution in [0.15, 0.2) is 47.4 Å². The monoisotopic (exact) mass is 297 g/mol. The van der Waals surface area contributed by atoms with Gasteiger partial charge in [0.1, 0.15) is 5.75 Å². The molecule has 2 aromatic rings. The Kier molecular flexibility index (Phi) is 5.71. The number of rotatable bonds is 6. The van der Waals surface area contributed by atoms with Crippen LogP contribution >= 0.6 is 11.8 Å². The lowest BCUT2D eigenvalue weighted by molar-refractivity contribution is 0.318. The summed E-state index contributed by atoms with van der Waals surface area (Å²) in [6.07, 6.45) is 0.981. The Hall–Kier alpha value is -1.92. The van der Waals surface area contributed by atoms with Crippen LogP contribution < -0.4 is 4.74 Å². The van der Waals surface area contributed by atoms with Gasteiger partial charge in [0.2, 0.25) is 0 Å². The molecule has 2 aromatic carbocycles. The van der Waals surface area contributed by atoms with Gasteiger partial charge >= 0.3 is 0 Å². The lowest BCUT2D eigenvalue weighted by Crippen LogP contribution is -1.99. The average Bonchev–Trinajstić information content (AvgIpc) is 2.50. The lowest BCUT2D eigenvalue weighted by atomic mass is 10.2. The minimum Gasteiger partial charge on any atom is -0.494 e. The molecule has 108 valence electrons. The first-order chi connectivity index (χ1) is 10.2. The fourth-order valence-electron chi connectivity index (χ4n) is 1.95. The lowest BCUT2D eigenvalue weighted by Gasteiger charge is -2.08. The Bertz CT molecular complexity index is 646. The Labute approximate surface area is 130 Å². The number of benzene rings is 2. The quantitative estimate of drug-likeness (QED) is 0.570. The van der Waals surface area contributed by atoms with E-state index in [9.17, 15) is 0 Å². The molecule has 0 amide bonds. The van der Waals surface area contributed by atoms with Crippen molar-refractivity contribution in [1.82, 2.24) is 0 Å². The number of hydrogen-bond donors (Lipinski definition) is 0. The van der Waals surface area contributed by atoms with Gasteiger partial charge in [-0.1, -0.05) is 23.8 Å². The molecule has 0 spiro atoms. The summed E-state index contributed by atoms with van der Waals surface area (Å²) >= 11 is 1.87. The van der Waals surface area contributed by atoms with Crippen molar-refractivity contribution in [3.8, 4) is 11.8 Å². The molecule has 0 aliphatic heterocycles. The van der Waals surface area contributed by atoms with Gasteiger partial charge in [0.25, 0.3) is 0 Å². The van der Waals surface area contributed by atoms with Gasteiger partial charge in [-0.2, -0.15) is 5.26 Å². The number of nitriles is 1. The Balaban J connectivity index is 1.75. The highest BCUT2D eigenvalue weighted by Crippen LogP contribution is 2.24. The molecule has 2 rings (SSSR count). The van der Waals surface area contributed by atoms with Crippen molar-refractivity contribution in [2.75, 3.05) is 12.4 Å². The van der Waals surface area contributed by atoms with E-state index >= 15 is 0 Å². The van der Waals surface area contributed by atoms with Crippen molar-refractivity contribution in [1.29, 1.82) is 5.26 Å². The second kappa shape index (κ2) is 7.75. The van der Waals surface area contributed by atoms with Crippen LogP contribution in [0.5, 0.6) is 5.75 Å². The van der Waals surface area contributed by atoms with Crippen LogP contribution in [0.2, 0.25) is 0 Å². The first-order valence-electron chi connectivity index (χ1n) is 7.02. The van der Waals surface area contributed by atoms with Crippen molar-refractivity contribution in [2.45, 2.75) is 25.2 Å². The smallest absolute Gasteiger partial charge is 0.120 e. The SMILES string of the molecule is Cc1ccc(C)c(SCCCOc2cccc(C#N)c2)c1. The maximum atomic E-state index is 8.84. The van der Waals surface area contributed by atoms with Crippen molar-refractivity contribution in [2.24, 2.45) is 0 Å². The largest absolute Gasteiger partial charge is 0.494 e. The van der Waals surface area contributed by atoms with Crippen molar-refractivity contribution < 1.29 is 4.74 Å². The number of ether oxygens (including phenoxy) is 1. The molecule has 0 aliphatic rings. The molecule has 21 heavy (non-hydrogen) atoms. The van der Waals surface area contributed by atoms with Gasteiger partial charge in [-0.15, -0.1) is 11.8 Å². The van der Waals surface area contributed by atoms with E-state index in [1.54, 1.807) is 12.1 Å². The van der Waals surface area contributed by atoms with E-state index < -0.39 is 0 Å². The highest BCUT2D eigenvalue weighted by Gasteiger charge is 2.00. The molecule has 0 N–H and O–H groups in total. The molecular formula is C18H19NOS. The van der Waals surface area contributed by atoms with Gasteiger partial charge in [0, 0.05) is 10.6 Å². The minimum absolute atomic E-state index is 0.636. The molecule has 0 saturated heterocycles. The summed E-state index contributed by atoms with van der Waals surface area (Å²) in [4.78, 5) is 1.35. The zero-order valence-electron chi connectivity index (χ0n) is 12.4. The number of nitrogens with zero attached hydrogens (tertiary/aromatic N) is 1. The molecule has 3 heteroatoms. The normalized spacial score (nSPS) is 10.1. The first-order valence-corrected chi connectivity index (χ1v) is 8.00. The summed E-state index contributed by atoms with van der Waals surface area (Å²) in [5.74, 6) is 1.80. The van der Waals surface area contributed by atoms with Crippen molar-refractivity contribution >= 4 is 11.8 Å². The molecule has 0 unspecified atom stereocenters. The van der Waals surface area contributed by atoms with Crippen molar-refractivity contribution in [3.63, 3.8) is 0 Å². The average molecular weight is 297 g/mol. The standard InChI is InChI=1S/C18H19NOS/c1-14-7-8-15(2)18(11-14)21-10-4-9-20-17-6-3-5-16(12-17)13-19/h3,5-8,11-12H,4,9-10H2,1-2H3. The molecule has 0 saturated carbocycles. The maximum absolute atomic E-state index is 8.84. The van der Waals surface area contributed by atoms with Crippen LogP contribution in [0.3, 0.4) is 0 Å². The molecule has 0 aromatic heterocycles. The Morgan fingerprint density at radius 3 is 2.81 bits per heavy atom. The highest BCUT2D eigenvalue weighted by atomic mass is 32.2. The van der Waals surface area contributed by atoms with Crippen LogP contribution in [0.1, 0.15) is 23.1 Å². The van der Waals surface area contributed by atoms with Crippen molar-refractivity contribution in [3.05, 3.63) is 59.2 Å². The van der Waals surface area contributed by atoms with E-state index in [2.05, 4.69) is 38.1 Å². The van der Waals surface area contributed by atoms with Gasteiger partial charge in [-0.25, -0.2) is 0 Å². The van der Waals surface area contributed by atoms with Crippen LogP contribution in [-0.2, 0) is 0 Å². The van der Waals surface area contributed by atoms with Gasteiger partial charge in [-0.05, 0) is 50.1 Å². The zero-order chi connectivity index (χ0) is 15.1. The topological polar surface area (TPSA) is 33.0 Å². The number of hydrogen-bond acceptors (Lipinski definition) is 3. The van der Waals surface area contributed by atoms with E-state index in [4.69, 9.17) is 10.00 Å². The van der Waals surface area contributed by atoms with Gasteiger partial charge in [0.15, 0.2) is 0 Å². The van der Waals surface area contributed by atoms with E-state index in [0.29, 0.717) is 12.2 Å². The van der Waals surface area contributed by atoms with Crippen LogP contribution in [0, 0.1) is 25.2 Å². The summed E-state index contributed by atoms with van der Waals surface area (Å²) in [6, 6.07) is 16.0. The summed E-state index contributed by atoms with van der Waals surface area (Å²) in [5.41, 5.74) is 3.26. The highest BCUT2D eigenvalue weighted by molar-refractivity contribution is 7.99. The van der Waals surface area contributed by atoms with Gasteiger partial charge in [0.05, 0.1) is 18.2 Å². The second-order valence-electron chi connectivity index (χ2n) is 4.96. The molecule has 0 atom stereocenters. The Morgan fingerprint density at radius 1 is 1.14 bits per heavy atom. The first kappa shape index (κ1) is 15.5. The summed E-state index contributed by atoms with van der Waals surface area (Å²) < 4.78 is 5.68. The molecule has 0 bridgehead atoms. The number of thioether (sulfide) groups is 1. The van der Waals surface area contributed by atoms with Gasteiger partial charge < -0.3 is 4.74 Å². The summed E-state index contributed by atoms with van der Waals surface area (Å²) in [6.45, 7) is 4.94. The Morgan fingerprint density at radius 2 is 2.00 bits per heavy atom. The summed E-state index contributed by atoms with van der Waals surface area (Å²) in [7, 11) is 0. The second-order valence-corrected chi connectivity index (χ2v) is 6.10. The molecule has 2 nitrogen and oxygen atoms in total. The zero-order valence-corrected chi connectivity index (χ0v) is 13.2. The van der Waals surface area contributed by atoms with Crippen LogP contribution in [0.4, 0.5) is 0 Å². The fraction of sp³-hybridized carbons (Fsp3) is 0.278. The predicted molar refractivity (Wildman–Crippen MR) is 87.9 cm³/mol. The third kappa shape index (κ3) is 4.84. The molecule has 0 fully saturated rings. The van der Waals surface area contributed by atoms with E-state index in [1.807, 2.05) is 23.9 Å². The molecule has 0 heterocycles. The number of aryl methyl sites for hydroxylation is 2. The van der Waals surface area contributed by atoms with E-state index in [-0.39, 0.29) is 0 Å². The van der Waals surface area contributed by atoms with E-state index in [0.717, 1.165) is 17.9 Å². The maximum Gasteiger partial charge on any atom is 0.120 e. The van der Waals surface area contributed by atoms with E-state index in [1.165, 1.54) is 16.0 Å². The minimum atomic E-state index is 0.636. The fourth-order valence-corrected chi connectivity index (χ4v) is 3.00. The third-order valence-electron chi connectivity index (χ3n) is 3.12. The predicted octanol–water partition coefficient (Wildman–Crippen LogP) is 4.74. The molecular weight excluding hydrogens is 278 g/mol. The molecule has 0 radical (unpaired) electrons. The third-order valence-corrected chi connectivity index (χ3v) is 4.37. The van der Waals surface area contributed by atoms with Gasteiger partial charge in [-0.3, -0.25) is 0 Å². The molecule has 0 aliphatic carbocycles. The summed E-state index contributed by atoms with van der Waals surface area (Å²) in [5, 5.41) is 8.84.